The molecule has 0 heterocycles. The van der Waals surface area contributed by atoms with Crippen molar-refractivity contribution in [1.82, 2.24) is 0 Å². The van der Waals surface area contributed by atoms with E-state index >= 15 is 0 Å². The molecule has 2 heteroatoms. The Bertz CT molecular complexity index is 44.5. The topological polar surface area (TPSA) is 0 Å². The summed E-state index contributed by atoms with van der Waals surface area (Å²) < 4.78 is 0.180. The summed E-state index contributed by atoms with van der Waals surface area (Å²) in [7, 11) is 3.56. The lowest BCUT2D eigenvalue weighted by Crippen LogP contribution is -2.04. The van der Waals surface area contributed by atoms with Crippen LogP contribution in [0.1, 0.15) is 13.8 Å². The van der Waals surface area contributed by atoms with Gasteiger partial charge in [-0.25, -0.2) is 0 Å². The lowest BCUT2D eigenvalue weighted by Gasteiger charge is -2.13. The summed E-state index contributed by atoms with van der Waals surface area (Å²) in [4.78, 5) is 0. The van der Waals surface area contributed by atoms with Gasteiger partial charge in [0.25, 0.3) is 0 Å². The average Bonchev–Trinajstić information content (AvgIpc) is 1.30. The molecule has 0 amide bonds. The first-order chi connectivity index (χ1) is 3.06. The average molecular weight is 135 g/mol. The summed E-state index contributed by atoms with van der Waals surface area (Å²) in [6.07, 6.45) is 2.07. The second-order valence-corrected chi connectivity index (χ2v) is 5.11. The molecule has 0 N–H and O–H groups in total. The molecule has 0 spiro atoms. The maximum Gasteiger partial charge on any atom is 0.0207 e. The minimum absolute atomic E-state index is 0.180. The zero-order valence-electron chi connectivity index (χ0n) is 5.02. The van der Waals surface area contributed by atoms with Crippen molar-refractivity contribution in [2.24, 2.45) is 0 Å². The fourth-order valence-electron chi connectivity index (χ4n) is 0.226. The van der Waals surface area contributed by atoms with E-state index in [0.29, 0.717) is 0 Å². The fourth-order valence-corrected chi connectivity index (χ4v) is 2.03. The van der Waals surface area contributed by atoms with Crippen LogP contribution in [0, 0.1) is 6.92 Å². The monoisotopic (exact) mass is 135 g/mol. The summed E-state index contributed by atoms with van der Waals surface area (Å²) in [5, 5.41) is 0. The molecule has 0 aromatic rings. The van der Waals surface area contributed by atoms with Crippen molar-refractivity contribution < 1.29 is 0 Å². The van der Waals surface area contributed by atoms with Gasteiger partial charge in [0.2, 0.25) is 0 Å². The Balaban J connectivity index is 3.15. The van der Waals surface area contributed by atoms with Crippen LogP contribution in [-0.4, -0.2) is 11.0 Å². The Morgan fingerprint density at radius 2 is 1.86 bits per heavy atom. The molecule has 0 rings (SSSR count). The Hall–Kier alpha value is 0.700. The second-order valence-electron chi connectivity index (χ2n) is 2.01. The normalized spacial score (nSPS) is 12.0. The zero-order chi connectivity index (χ0) is 5.91. The molecule has 0 unspecified atom stereocenters. The van der Waals surface area contributed by atoms with E-state index in [-0.39, 0.29) is 4.75 Å². The van der Waals surface area contributed by atoms with E-state index in [0.717, 1.165) is 0 Å². The van der Waals surface area contributed by atoms with Gasteiger partial charge in [-0.15, -0.1) is 0 Å². The van der Waals surface area contributed by atoms with Gasteiger partial charge in [0, 0.05) is 4.75 Å². The van der Waals surface area contributed by atoms with Crippen molar-refractivity contribution >= 4 is 21.6 Å². The van der Waals surface area contributed by atoms with E-state index in [2.05, 4.69) is 27.0 Å². The number of hydrogen-bond donors (Lipinski definition) is 0. The Labute approximate surface area is 53.8 Å². The van der Waals surface area contributed by atoms with E-state index in [4.69, 9.17) is 0 Å². The highest BCUT2D eigenvalue weighted by Gasteiger charge is 2.08. The van der Waals surface area contributed by atoms with Crippen LogP contribution in [0.4, 0.5) is 0 Å². The standard InChI is InChI=1S/C5H11S2/c1-5(2,3)7-6-4/h1H2,2-4H3. The molecule has 0 aliphatic heterocycles. The first kappa shape index (κ1) is 7.70. The maximum atomic E-state index is 3.90. The Morgan fingerprint density at radius 3 is 1.86 bits per heavy atom. The molecule has 0 saturated heterocycles. The molecular formula is C5H11S2. The fraction of sp³-hybridized carbons (Fsp3) is 0.800. The third kappa shape index (κ3) is 6.70. The molecule has 0 aromatic heterocycles. The summed E-state index contributed by atoms with van der Waals surface area (Å²) in [6, 6.07) is 0. The molecule has 0 saturated carbocycles. The molecule has 1 radical (unpaired) electrons. The smallest absolute Gasteiger partial charge is 0.0207 e. The summed E-state index contributed by atoms with van der Waals surface area (Å²) in [5.74, 6) is 0. The van der Waals surface area contributed by atoms with Gasteiger partial charge in [-0.3, -0.25) is 0 Å². The SMILES string of the molecule is [CH2]C(C)(C)SSC. The molecule has 0 aliphatic rings. The van der Waals surface area contributed by atoms with Gasteiger partial charge < -0.3 is 0 Å². The van der Waals surface area contributed by atoms with Gasteiger partial charge in [0.1, 0.15) is 0 Å². The van der Waals surface area contributed by atoms with Crippen LogP contribution in [0.25, 0.3) is 0 Å². The predicted molar refractivity (Wildman–Crippen MR) is 40.5 cm³/mol. The van der Waals surface area contributed by atoms with Gasteiger partial charge in [-0.2, -0.15) is 0 Å². The molecular weight excluding hydrogens is 124 g/mol. The molecule has 7 heavy (non-hydrogen) atoms. The third-order valence-electron chi connectivity index (χ3n) is 0.309. The summed E-state index contributed by atoms with van der Waals surface area (Å²) >= 11 is 0. The van der Waals surface area contributed by atoms with Crippen LogP contribution in [0.2, 0.25) is 0 Å². The van der Waals surface area contributed by atoms with E-state index in [1.807, 2.05) is 0 Å². The Kier molecular flexibility index (Phi) is 3.16. The van der Waals surface area contributed by atoms with Crippen LogP contribution in [0.5, 0.6) is 0 Å². The maximum absolute atomic E-state index is 3.90. The molecule has 0 fully saturated rings. The minimum atomic E-state index is 0.180. The lowest BCUT2D eigenvalue weighted by molar-refractivity contribution is 0.903. The van der Waals surface area contributed by atoms with Gasteiger partial charge >= 0.3 is 0 Å². The predicted octanol–water partition coefficient (Wildman–Crippen LogP) is 2.61. The van der Waals surface area contributed by atoms with Crippen molar-refractivity contribution in [3.8, 4) is 0 Å². The van der Waals surface area contributed by atoms with Gasteiger partial charge in [-0.1, -0.05) is 21.6 Å². The summed E-state index contributed by atoms with van der Waals surface area (Å²) in [5.41, 5.74) is 0. The van der Waals surface area contributed by atoms with Crippen molar-refractivity contribution in [1.29, 1.82) is 0 Å². The molecule has 0 bridgehead atoms. The van der Waals surface area contributed by atoms with Crippen LogP contribution >= 0.6 is 21.6 Å². The highest BCUT2D eigenvalue weighted by Crippen LogP contribution is 2.31. The van der Waals surface area contributed by atoms with E-state index in [9.17, 15) is 0 Å². The van der Waals surface area contributed by atoms with Crippen LogP contribution in [0.3, 0.4) is 0 Å². The Morgan fingerprint density at radius 1 is 1.43 bits per heavy atom. The van der Waals surface area contributed by atoms with E-state index in [1.54, 1.807) is 21.6 Å². The van der Waals surface area contributed by atoms with E-state index < -0.39 is 0 Å². The lowest BCUT2D eigenvalue weighted by atomic mass is 10.3. The highest BCUT2D eigenvalue weighted by molar-refractivity contribution is 8.77. The van der Waals surface area contributed by atoms with Gasteiger partial charge in [0.05, 0.1) is 0 Å². The molecule has 0 aliphatic carbocycles. The minimum Gasteiger partial charge on any atom is -0.0971 e. The zero-order valence-corrected chi connectivity index (χ0v) is 6.66. The first-order valence-corrected chi connectivity index (χ1v) is 4.69. The first-order valence-electron chi connectivity index (χ1n) is 2.13. The molecule has 43 valence electrons. The van der Waals surface area contributed by atoms with Crippen LogP contribution < -0.4 is 0 Å². The van der Waals surface area contributed by atoms with Crippen molar-refractivity contribution in [2.45, 2.75) is 18.6 Å². The van der Waals surface area contributed by atoms with Crippen molar-refractivity contribution in [2.75, 3.05) is 6.26 Å². The van der Waals surface area contributed by atoms with Crippen molar-refractivity contribution in [3.05, 3.63) is 6.92 Å². The van der Waals surface area contributed by atoms with Crippen molar-refractivity contribution in [3.63, 3.8) is 0 Å². The highest BCUT2D eigenvalue weighted by atomic mass is 33.1. The van der Waals surface area contributed by atoms with Gasteiger partial charge in [-0.05, 0) is 27.0 Å². The third-order valence-corrected chi connectivity index (χ3v) is 2.78. The quantitative estimate of drug-likeness (QED) is 0.534. The number of rotatable bonds is 2. The largest absolute Gasteiger partial charge is 0.0971 e. The second kappa shape index (κ2) is 2.88. The molecule has 0 aromatic carbocycles. The van der Waals surface area contributed by atoms with E-state index in [1.165, 1.54) is 0 Å². The number of hydrogen-bond acceptors (Lipinski definition) is 2. The van der Waals surface area contributed by atoms with Crippen LogP contribution in [0.15, 0.2) is 0 Å². The summed E-state index contributed by atoms with van der Waals surface area (Å²) in [6.45, 7) is 8.11. The van der Waals surface area contributed by atoms with Gasteiger partial charge in [0.15, 0.2) is 0 Å². The molecule has 0 atom stereocenters. The van der Waals surface area contributed by atoms with Crippen LogP contribution in [-0.2, 0) is 0 Å². The molecule has 0 nitrogen and oxygen atoms in total.